The van der Waals surface area contributed by atoms with Crippen LogP contribution in [0.3, 0.4) is 0 Å². The van der Waals surface area contributed by atoms with Crippen molar-refractivity contribution in [2.24, 2.45) is 0 Å². The van der Waals surface area contributed by atoms with Crippen molar-refractivity contribution in [1.29, 1.82) is 0 Å². The molecule has 4 aromatic rings. The predicted molar refractivity (Wildman–Crippen MR) is 129 cm³/mol. The summed E-state index contributed by atoms with van der Waals surface area (Å²) in [6.07, 6.45) is 4.50. The first-order valence-corrected chi connectivity index (χ1v) is 10.9. The molecule has 0 saturated carbocycles. The molecule has 0 atom stereocenters. The molecule has 1 aliphatic rings. The molecule has 0 unspecified atom stereocenters. The summed E-state index contributed by atoms with van der Waals surface area (Å²) in [7, 11) is 1.50. The molecule has 2 N–H and O–H groups in total. The first-order chi connectivity index (χ1) is 15.2. The van der Waals surface area contributed by atoms with Gasteiger partial charge in [-0.1, -0.05) is 32.0 Å². The van der Waals surface area contributed by atoms with Crippen LogP contribution in [0.25, 0.3) is 27.8 Å². The van der Waals surface area contributed by atoms with E-state index in [-0.39, 0.29) is 24.0 Å². The quantitative estimate of drug-likeness (QED) is 0.426. The normalized spacial score (nSPS) is 13.1. The number of aromatic nitrogens is 3. The Hall–Kier alpha value is -2.83. The van der Waals surface area contributed by atoms with Gasteiger partial charge in [-0.2, -0.15) is 5.10 Å². The van der Waals surface area contributed by atoms with Gasteiger partial charge < -0.3 is 15.0 Å². The van der Waals surface area contributed by atoms with Gasteiger partial charge in [0, 0.05) is 42.2 Å². The van der Waals surface area contributed by atoms with Crippen LogP contribution in [0.1, 0.15) is 36.2 Å². The zero-order valence-corrected chi connectivity index (χ0v) is 19.4. The monoisotopic (exact) mass is 454 g/mol. The fourth-order valence-electron chi connectivity index (χ4n) is 4.79. The number of benzene rings is 2. The van der Waals surface area contributed by atoms with Gasteiger partial charge in [0.05, 0.1) is 29.7 Å². The minimum absolute atomic E-state index is 0. The molecule has 0 saturated heterocycles. The van der Waals surface area contributed by atoms with E-state index >= 15 is 4.39 Å². The summed E-state index contributed by atoms with van der Waals surface area (Å²) >= 11 is 0. The Morgan fingerprint density at radius 2 is 1.91 bits per heavy atom. The van der Waals surface area contributed by atoms with E-state index in [0.29, 0.717) is 5.52 Å². The molecule has 0 aliphatic carbocycles. The van der Waals surface area contributed by atoms with E-state index in [2.05, 4.69) is 47.0 Å². The van der Waals surface area contributed by atoms with Gasteiger partial charge in [-0.25, -0.2) is 9.07 Å². The highest BCUT2D eigenvalue weighted by Gasteiger charge is 2.27. The molecule has 0 fully saturated rings. The summed E-state index contributed by atoms with van der Waals surface area (Å²) in [6.45, 7) is 5.96. The Balaban J connectivity index is 0.00000245. The van der Waals surface area contributed by atoms with Crippen LogP contribution in [0.15, 0.2) is 36.5 Å². The molecule has 0 radical (unpaired) electrons. The third kappa shape index (κ3) is 3.38. The Morgan fingerprint density at radius 3 is 2.59 bits per heavy atom. The topological polar surface area (TPSA) is 54.9 Å². The third-order valence-electron chi connectivity index (χ3n) is 6.30. The van der Waals surface area contributed by atoms with E-state index < -0.39 is 0 Å². The van der Waals surface area contributed by atoms with Gasteiger partial charge in [-0.05, 0) is 36.1 Å². The van der Waals surface area contributed by atoms with Gasteiger partial charge >= 0.3 is 0 Å². The number of rotatable bonds is 5. The van der Waals surface area contributed by atoms with Crippen molar-refractivity contribution in [3.8, 4) is 22.7 Å². The lowest BCUT2D eigenvalue weighted by atomic mass is 9.97. The Bertz CT molecular complexity index is 1250. The van der Waals surface area contributed by atoms with Crippen LogP contribution in [-0.2, 0) is 25.8 Å². The van der Waals surface area contributed by atoms with Crippen molar-refractivity contribution in [2.45, 2.75) is 39.7 Å². The lowest BCUT2D eigenvalue weighted by Gasteiger charge is -2.18. The van der Waals surface area contributed by atoms with Crippen LogP contribution in [0.2, 0.25) is 0 Å². The molecule has 2 aromatic carbocycles. The van der Waals surface area contributed by atoms with Gasteiger partial charge in [0.2, 0.25) is 0 Å². The lowest BCUT2D eigenvalue weighted by Crippen LogP contribution is -2.23. The number of hydrogen-bond donors (Lipinski definition) is 2. The van der Waals surface area contributed by atoms with Crippen molar-refractivity contribution < 1.29 is 9.13 Å². The Labute approximate surface area is 193 Å². The number of nitrogens with zero attached hydrogens (tertiary/aromatic N) is 2. The maximum Gasteiger partial charge on any atom is 0.178 e. The summed E-state index contributed by atoms with van der Waals surface area (Å²) in [4.78, 5) is 3.16. The number of aryl methyl sites for hydroxylation is 2. The standard InChI is InChI=1S/C25H27FN4O.ClH/c1-4-15-7-6-8-16(5-2)23(15)30-24(19-14-27-11-10-21(19)29-30)18-13-20(26)25(31-3)22-17(18)9-12-28-22;/h6-9,12-13,27-28H,4-5,10-11,14H2,1-3H3;1H. The van der Waals surface area contributed by atoms with Gasteiger partial charge in [0.15, 0.2) is 11.6 Å². The second-order valence-electron chi connectivity index (χ2n) is 7.95. The fraction of sp³-hybridized carbons (Fsp3) is 0.320. The smallest absolute Gasteiger partial charge is 0.178 e. The van der Waals surface area contributed by atoms with E-state index in [1.54, 1.807) is 6.07 Å². The van der Waals surface area contributed by atoms with Gasteiger partial charge in [0.25, 0.3) is 0 Å². The molecule has 5 rings (SSSR count). The van der Waals surface area contributed by atoms with Crippen LogP contribution in [0.5, 0.6) is 5.75 Å². The molecule has 5 nitrogen and oxygen atoms in total. The second-order valence-corrected chi connectivity index (χ2v) is 7.95. The highest BCUT2D eigenvalue weighted by Crippen LogP contribution is 2.40. The number of aromatic amines is 1. The number of ether oxygens (including phenoxy) is 1. The molecule has 3 heterocycles. The molecular formula is C25H28ClFN4O. The fourth-order valence-corrected chi connectivity index (χ4v) is 4.79. The number of halogens is 2. The average molecular weight is 455 g/mol. The lowest BCUT2D eigenvalue weighted by molar-refractivity contribution is 0.391. The van der Waals surface area contributed by atoms with Crippen molar-refractivity contribution >= 4 is 23.3 Å². The maximum atomic E-state index is 15.1. The molecule has 0 bridgehead atoms. The highest BCUT2D eigenvalue weighted by atomic mass is 35.5. The van der Waals surface area contributed by atoms with Crippen LogP contribution in [0, 0.1) is 5.82 Å². The third-order valence-corrected chi connectivity index (χ3v) is 6.30. The van der Waals surface area contributed by atoms with E-state index in [9.17, 15) is 0 Å². The number of hydrogen-bond acceptors (Lipinski definition) is 3. The van der Waals surface area contributed by atoms with E-state index in [1.165, 1.54) is 18.2 Å². The van der Waals surface area contributed by atoms with Crippen molar-refractivity contribution in [1.82, 2.24) is 20.1 Å². The van der Waals surface area contributed by atoms with E-state index in [0.717, 1.165) is 65.9 Å². The minimum atomic E-state index is -0.378. The number of nitrogens with one attached hydrogen (secondary N) is 2. The molecule has 0 spiro atoms. The molecular weight excluding hydrogens is 427 g/mol. The minimum Gasteiger partial charge on any atom is -0.492 e. The summed E-state index contributed by atoms with van der Waals surface area (Å²) in [5.41, 5.74) is 8.30. The van der Waals surface area contributed by atoms with Crippen LogP contribution >= 0.6 is 12.4 Å². The zero-order valence-electron chi connectivity index (χ0n) is 18.6. The SMILES string of the molecule is CCc1cccc(CC)c1-n1nc2c(c1-c1cc(F)c(OC)c3[nH]ccc13)CNCC2.Cl. The van der Waals surface area contributed by atoms with Crippen LogP contribution < -0.4 is 10.1 Å². The number of fused-ring (bicyclic) bond motifs is 2. The Kier molecular flexibility index (Phi) is 6.26. The van der Waals surface area contributed by atoms with Gasteiger partial charge in [-0.3, -0.25) is 0 Å². The first-order valence-electron chi connectivity index (χ1n) is 10.9. The van der Waals surface area contributed by atoms with Gasteiger partial charge in [-0.15, -0.1) is 12.4 Å². The van der Waals surface area contributed by atoms with Crippen molar-refractivity contribution in [2.75, 3.05) is 13.7 Å². The van der Waals surface area contributed by atoms with Crippen LogP contribution in [-0.4, -0.2) is 28.4 Å². The second kappa shape index (κ2) is 8.96. The van der Waals surface area contributed by atoms with Gasteiger partial charge in [0.1, 0.15) is 0 Å². The first kappa shape index (κ1) is 22.4. The number of methoxy groups -OCH3 is 1. The summed E-state index contributed by atoms with van der Waals surface area (Å²) in [5.74, 6) is -0.137. The van der Waals surface area contributed by atoms with Crippen molar-refractivity contribution in [3.05, 3.63) is 64.7 Å². The maximum absolute atomic E-state index is 15.1. The van der Waals surface area contributed by atoms with Crippen LogP contribution in [0.4, 0.5) is 4.39 Å². The average Bonchev–Trinajstić information content (AvgIpc) is 3.43. The molecule has 2 aromatic heterocycles. The highest BCUT2D eigenvalue weighted by molar-refractivity contribution is 5.99. The van der Waals surface area contributed by atoms with E-state index in [4.69, 9.17) is 9.84 Å². The molecule has 32 heavy (non-hydrogen) atoms. The largest absolute Gasteiger partial charge is 0.492 e. The molecule has 0 amide bonds. The summed E-state index contributed by atoms with van der Waals surface area (Å²) in [5, 5.41) is 9.49. The molecule has 1 aliphatic heterocycles. The van der Waals surface area contributed by atoms with Crippen molar-refractivity contribution in [3.63, 3.8) is 0 Å². The molecule has 168 valence electrons. The van der Waals surface area contributed by atoms with E-state index in [1.807, 2.05) is 12.3 Å². The zero-order chi connectivity index (χ0) is 21.5. The summed E-state index contributed by atoms with van der Waals surface area (Å²) in [6, 6.07) is 10.0. The predicted octanol–water partition coefficient (Wildman–Crippen LogP) is 5.36. The molecule has 7 heteroatoms. The summed E-state index contributed by atoms with van der Waals surface area (Å²) < 4.78 is 22.5. The Morgan fingerprint density at radius 1 is 1.16 bits per heavy atom. The number of H-pyrrole nitrogens is 1. The number of para-hydroxylation sites is 1.